The standard InChI is InChI=1S/C10H6F2N2O/c11-7-4-13-10(14-5-7)6-1-2-9(15)8(12)3-6/h1-5,15H. The zero-order valence-corrected chi connectivity index (χ0v) is 7.48. The Kier molecular flexibility index (Phi) is 2.29. The quantitative estimate of drug-likeness (QED) is 0.780. The monoisotopic (exact) mass is 208 g/mol. The number of hydrogen-bond donors (Lipinski definition) is 1. The highest BCUT2D eigenvalue weighted by Gasteiger charge is 2.05. The van der Waals surface area contributed by atoms with Gasteiger partial charge >= 0.3 is 0 Å². The molecule has 0 bridgehead atoms. The summed E-state index contributed by atoms with van der Waals surface area (Å²) >= 11 is 0. The summed E-state index contributed by atoms with van der Waals surface area (Å²) in [6, 6.07) is 3.73. The number of benzene rings is 1. The van der Waals surface area contributed by atoms with Gasteiger partial charge in [0.2, 0.25) is 0 Å². The third kappa shape index (κ3) is 1.90. The lowest BCUT2D eigenvalue weighted by molar-refractivity contribution is 0.432. The molecule has 76 valence electrons. The van der Waals surface area contributed by atoms with Crippen molar-refractivity contribution in [1.82, 2.24) is 9.97 Å². The van der Waals surface area contributed by atoms with E-state index in [1.807, 2.05) is 0 Å². The van der Waals surface area contributed by atoms with E-state index in [0.717, 1.165) is 18.5 Å². The second-order valence-electron chi connectivity index (χ2n) is 2.89. The van der Waals surface area contributed by atoms with E-state index in [2.05, 4.69) is 9.97 Å². The molecule has 0 unspecified atom stereocenters. The molecule has 5 heteroatoms. The molecule has 0 radical (unpaired) electrons. The number of hydrogen-bond acceptors (Lipinski definition) is 3. The molecule has 1 aromatic heterocycles. The van der Waals surface area contributed by atoms with Crippen molar-refractivity contribution in [2.75, 3.05) is 0 Å². The molecular formula is C10H6F2N2O. The van der Waals surface area contributed by atoms with Crippen molar-refractivity contribution in [2.24, 2.45) is 0 Å². The Morgan fingerprint density at radius 1 is 1.07 bits per heavy atom. The number of nitrogens with zero attached hydrogens (tertiary/aromatic N) is 2. The fourth-order valence-corrected chi connectivity index (χ4v) is 1.11. The highest BCUT2D eigenvalue weighted by atomic mass is 19.1. The number of aromatic nitrogens is 2. The number of phenolic OH excluding ortho intramolecular Hbond substituents is 1. The summed E-state index contributed by atoms with van der Waals surface area (Å²) in [5, 5.41) is 8.96. The van der Waals surface area contributed by atoms with Crippen LogP contribution in [0.15, 0.2) is 30.6 Å². The lowest BCUT2D eigenvalue weighted by Gasteiger charge is -2.00. The lowest BCUT2D eigenvalue weighted by Crippen LogP contribution is -1.90. The summed E-state index contributed by atoms with van der Waals surface area (Å²) in [5.41, 5.74) is 0.380. The minimum absolute atomic E-state index is 0.204. The van der Waals surface area contributed by atoms with Crippen LogP contribution in [0.1, 0.15) is 0 Å². The summed E-state index contributed by atoms with van der Waals surface area (Å²) in [7, 11) is 0. The highest BCUT2D eigenvalue weighted by molar-refractivity contribution is 5.55. The maximum Gasteiger partial charge on any atom is 0.165 e. The minimum Gasteiger partial charge on any atom is -0.505 e. The van der Waals surface area contributed by atoms with Gasteiger partial charge in [-0.3, -0.25) is 0 Å². The van der Waals surface area contributed by atoms with Crippen LogP contribution in [0.5, 0.6) is 5.75 Å². The molecule has 1 aromatic carbocycles. The SMILES string of the molecule is Oc1ccc(-c2ncc(F)cn2)cc1F. The normalized spacial score (nSPS) is 10.3. The fraction of sp³-hybridized carbons (Fsp3) is 0. The van der Waals surface area contributed by atoms with Crippen molar-refractivity contribution < 1.29 is 13.9 Å². The summed E-state index contributed by atoms with van der Waals surface area (Å²) in [6.45, 7) is 0. The summed E-state index contributed by atoms with van der Waals surface area (Å²) in [4.78, 5) is 7.37. The van der Waals surface area contributed by atoms with Crippen molar-refractivity contribution in [3.63, 3.8) is 0 Å². The molecule has 0 aliphatic carbocycles. The minimum atomic E-state index is -0.763. The molecule has 1 heterocycles. The fourth-order valence-electron chi connectivity index (χ4n) is 1.11. The van der Waals surface area contributed by atoms with Crippen LogP contribution in [0.25, 0.3) is 11.4 Å². The third-order valence-corrected chi connectivity index (χ3v) is 1.83. The van der Waals surface area contributed by atoms with Crippen molar-refractivity contribution in [1.29, 1.82) is 0 Å². The Morgan fingerprint density at radius 3 is 2.33 bits per heavy atom. The molecule has 0 saturated heterocycles. The maximum atomic E-state index is 13.0. The molecule has 0 saturated carbocycles. The average Bonchev–Trinajstić information content (AvgIpc) is 2.23. The predicted octanol–water partition coefficient (Wildman–Crippen LogP) is 2.13. The van der Waals surface area contributed by atoms with Gasteiger partial charge in [-0.2, -0.15) is 0 Å². The van der Waals surface area contributed by atoms with E-state index >= 15 is 0 Å². The Balaban J connectivity index is 2.45. The maximum absolute atomic E-state index is 13.0. The van der Waals surface area contributed by atoms with Gasteiger partial charge in [-0.05, 0) is 18.2 Å². The van der Waals surface area contributed by atoms with Crippen LogP contribution < -0.4 is 0 Å². The number of aromatic hydroxyl groups is 1. The van der Waals surface area contributed by atoms with Crippen LogP contribution in [0.3, 0.4) is 0 Å². The number of halogens is 2. The summed E-state index contributed by atoms with van der Waals surface area (Å²) in [6.07, 6.45) is 1.99. The Hall–Kier alpha value is -2.04. The van der Waals surface area contributed by atoms with Crippen LogP contribution in [0.2, 0.25) is 0 Å². The van der Waals surface area contributed by atoms with Gasteiger partial charge in [0, 0.05) is 5.56 Å². The number of phenols is 1. The summed E-state index contributed by atoms with van der Waals surface area (Å²) < 4.78 is 25.5. The second-order valence-corrected chi connectivity index (χ2v) is 2.89. The molecule has 2 rings (SSSR count). The van der Waals surface area contributed by atoms with Gasteiger partial charge in [0.15, 0.2) is 23.2 Å². The van der Waals surface area contributed by atoms with Crippen LogP contribution in [0, 0.1) is 11.6 Å². The average molecular weight is 208 g/mol. The number of rotatable bonds is 1. The molecule has 0 amide bonds. The first kappa shape index (κ1) is 9.51. The lowest BCUT2D eigenvalue weighted by atomic mass is 10.2. The van der Waals surface area contributed by atoms with E-state index in [1.54, 1.807) is 0 Å². The Bertz CT molecular complexity index is 485. The molecule has 15 heavy (non-hydrogen) atoms. The molecule has 1 N–H and O–H groups in total. The van der Waals surface area contributed by atoms with Crippen LogP contribution in [0.4, 0.5) is 8.78 Å². The molecule has 3 nitrogen and oxygen atoms in total. The van der Waals surface area contributed by atoms with Crippen LogP contribution >= 0.6 is 0 Å². The van der Waals surface area contributed by atoms with Crippen LogP contribution in [-0.2, 0) is 0 Å². The Labute approximate surface area is 84.1 Å². The van der Waals surface area contributed by atoms with Crippen molar-refractivity contribution in [2.45, 2.75) is 0 Å². The largest absolute Gasteiger partial charge is 0.505 e. The second kappa shape index (κ2) is 3.61. The Morgan fingerprint density at radius 2 is 1.73 bits per heavy atom. The van der Waals surface area contributed by atoms with E-state index in [4.69, 9.17) is 5.11 Å². The highest BCUT2D eigenvalue weighted by Crippen LogP contribution is 2.21. The molecular weight excluding hydrogens is 202 g/mol. The first-order chi connectivity index (χ1) is 7.16. The first-order valence-electron chi connectivity index (χ1n) is 4.13. The molecule has 0 atom stereocenters. The van der Waals surface area contributed by atoms with Gasteiger partial charge in [0.05, 0.1) is 12.4 Å². The van der Waals surface area contributed by atoms with Gasteiger partial charge in [-0.1, -0.05) is 0 Å². The molecule has 0 aliphatic heterocycles. The van der Waals surface area contributed by atoms with Gasteiger partial charge in [0.25, 0.3) is 0 Å². The summed E-state index contributed by atoms with van der Waals surface area (Å²) in [5.74, 6) is -1.56. The third-order valence-electron chi connectivity index (χ3n) is 1.83. The van der Waals surface area contributed by atoms with Crippen molar-refractivity contribution in [3.8, 4) is 17.1 Å². The molecule has 0 spiro atoms. The van der Waals surface area contributed by atoms with E-state index < -0.39 is 17.4 Å². The zero-order valence-electron chi connectivity index (χ0n) is 7.48. The van der Waals surface area contributed by atoms with E-state index in [0.29, 0.717) is 5.56 Å². The molecule has 0 aliphatic rings. The van der Waals surface area contributed by atoms with E-state index in [-0.39, 0.29) is 5.82 Å². The van der Waals surface area contributed by atoms with Gasteiger partial charge < -0.3 is 5.11 Å². The van der Waals surface area contributed by atoms with Crippen molar-refractivity contribution in [3.05, 3.63) is 42.2 Å². The van der Waals surface area contributed by atoms with Gasteiger partial charge in [-0.25, -0.2) is 18.7 Å². The molecule has 2 aromatic rings. The van der Waals surface area contributed by atoms with Gasteiger partial charge in [-0.15, -0.1) is 0 Å². The predicted molar refractivity (Wildman–Crippen MR) is 49.0 cm³/mol. The van der Waals surface area contributed by atoms with Crippen molar-refractivity contribution >= 4 is 0 Å². The van der Waals surface area contributed by atoms with Crippen LogP contribution in [-0.4, -0.2) is 15.1 Å². The van der Waals surface area contributed by atoms with Gasteiger partial charge in [0.1, 0.15) is 0 Å². The molecule has 0 fully saturated rings. The van der Waals surface area contributed by atoms with E-state index in [9.17, 15) is 8.78 Å². The first-order valence-corrected chi connectivity index (χ1v) is 4.13. The smallest absolute Gasteiger partial charge is 0.165 e. The topological polar surface area (TPSA) is 46.0 Å². The van der Waals surface area contributed by atoms with E-state index in [1.165, 1.54) is 12.1 Å². The zero-order chi connectivity index (χ0) is 10.8.